The number of carbonyl (C=O) groups is 2. The second kappa shape index (κ2) is 10.6. The molecule has 2 amide bonds. The average Bonchev–Trinajstić information content (AvgIpc) is 3.56. The number of nitrogens with zero attached hydrogens (tertiary/aromatic N) is 3. The lowest BCUT2D eigenvalue weighted by molar-refractivity contribution is -0.120. The lowest BCUT2D eigenvalue weighted by atomic mass is 10.1. The van der Waals surface area contributed by atoms with E-state index < -0.39 is 27.8 Å². The van der Waals surface area contributed by atoms with Gasteiger partial charge in [0.05, 0.1) is 15.4 Å². The summed E-state index contributed by atoms with van der Waals surface area (Å²) in [6.45, 7) is 1.89. The molecule has 1 saturated carbocycles. The van der Waals surface area contributed by atoms with Crippen LogP contribution in [0.4, 0.5) is 10.1 Å². The maximum atomic E-state index is 15.0. The zero-order chi connectivity index (χ0) is 26.2. The molecule has 1 aliphatic carbocycles. The van der Waals surface area contributed by atoms with Gasteiger partial charge in [-0.3, -0.25) is 9.59 Å². The van der Waals surface area contributed by atoms with Crippen LogP contribution in [0.2, 0.25) is 4.34 Å². The Kier molecular flexibility index (Phi) is 7.89. The predicted molar refractivity (Wildman–Crippen MR) is 141 cm³/mol. The number of thiophene rings is 1. The van der Waals surface area contributed by atoms with Crippen molar-refractivity contribution in [3.63, 3.8) is 0 Å². The van der Waals surface area contributed by atoms with E-state index in [2.05, 4.69) is 0 Å². The van der Waals surface area contributed by atoms with Crippen molar-refractivity contribution in [3.05, 3.63) is 56.3 Å². The molecular weight excluding hydrogens is 525 g/mol. The number of hydrogen-bond acceptors (Lipinski definition) is 5. The second-order valence-corrected chi connectivity index (χ2v) is 12.8. The molecule has 4 rings (SSSR count). The van der Waals surface area contributed by atoms with Crippen LogP contribution in [0.1, 0.15) is 54.3 Å². The van der Waals surface area contributed by atoms with Crippen LogP contribution >= 0.6 is 22.9 Å². The van der Waals surface area contributed by atoms with Gasteiger partial charge in [-0.05, 0) is 62.1 Å². The first-order valence-electron chi connectivity index (χ1n) is 11.8. The van der Waals surface area contributed by atoms with Gasteiger partial charge in [0.2, 0.25) is 15.9 Å². The summed E-state index contributed by atoms with van der Waals surface area (Å²) in [5.74, 6) is -1.50. The number of allylic oxidation sites excluding steroid dienone is 1. The van der Waals surface area contributed by atoms with Crippen LogP contribution in [0.3, 0.4) is 0 Å². The molecule has 1 aromatic carbocycles. The summed E-state index contributed by atoms with van der Waals surface area (Å²) in [6.07, 6.45) is 3.39. The Balaban J connectivity index is 1.64. The third kappa shape index (κ3) is 5.37. The highest BCUT2D eigenvalue weighted by atomic mass is 35.5. The van der Waals surface area contributed by atoms with Crippen molar-refractivity contribution < 1.29 is 22.4 Å². The summed E-state index contributed by atoms with van der Waals surface area (Å²) < 4.78 is 44.3. The van der Waals surface area contributed by atoms with Crippen molar-refractivity contribution in [1.82, 2.24) is 9.21 Å². The molecule has 2 aromatic rings. The molecule has 2 aliphatic rings. The van der Waals surface area contributed by atoms with Crippen molar-refractivity contribution in [3.8, 4) is 0 Å². The van der Waals surface area contributed by atoms with E-state index in [9.17, 15) is 18.0 Å². The van der Waals surface area contributed by atoms with Crippen LogP contribution in [0.25, 0.3) is 5.57 Å². The van der Waals surface area contributed by atoms with E-state index in [-0.39, 0.29) is 36.2 Å². The van der Waals surface area contributed by atoms with E-state index in [4.69, 9.17) is 11.6 Å². The maximum absolute atomic E-state index is 15.0. The molecule has 0 bridgehead atoms. The average molecular weight is 554 g/mol. The van der Waals surface area contributed by atoms with E-state index in [1.165, 1.54) is 43.0 Å². The van der Waals surface area contributed by atoms with Gasteiger partial charge in [0.25, 0.3) is 5.91 Å². The van der Waals surface area contributed by atoms with Crippen LogP contribution in [0, 0.1) is 5.82 Å². The van der Waals surface area contributed by atoms with Crippen molar-refractivity contribution in [2.75, 3.05) is 25.5 Å². The summed E-state index contributed by atoms with van der Waals surface area (Å²) in [4.78, 5) is 29.1. The lowest BCUT2D eigenvalue weighted by Crippen LogP contribution is -2.49. The van der Waals surface area contributed by atoms with E-state index in [1.54, 1.807) is 33.2 Å². The maximum Gasteiger partial charge on any atom is 0.253 e. The van der Waals surface area contributed by atoms with E-state index in [1.807, 2.05) is 0 Å². The number of halogens is 2. The predicted octanol–water partition coefficient (Wildman–Crippen LogP) is 4.98. The highest BCUT2D eigenvalue weighted by Gasteiger charge is 2.45. The molecule has 36 heavy (non-hydrogen) atoms. The molecule has 1 aromatic heterocycles. The molecule has 1 aliphatic heterocycles. The number of sulfonamides is 1. The Morgan fingerprint density at radius 1 is 1.17 bits per heavy atom. The lowest BCUT2D eigenvalue weighted by Gasteiger charge is -2.31. The molecule has 2 heterocycles. The Morgan fingerprint density at radius 3 is 2.44 bits per heavy atom. The van der Waals surface area contributed by atoms with Crippen molar-refractivity contribution in [2.45, 2.75) is 51.1 Å². The quantitative estimate of drug-likeness (QED) is 0.484. The minimum absolute atomic E-state index is 0.0431. The third-order valence-corrected chi connectivity index (χ3v) is 9.80. The molecule has 0 spiro atoms. The summed E-state index contributed by atoms with van der Waals surface area (Å²) >= 11 is 7.31. The van der Waals surface area contributed by atoms with Gasteiger partial charge in [-0.25, -0.2) is 12.8 Å². The first-order valence-corrected chi connectivity index (χ1v) is 14.5. The zero-order valence-electron chi connectivity index (χ0n) is 20.4. The molecule has 2 fully saturated rings. The number of benzene rings is 1. The zero-order valence-corrected chi connectivity index (χ0v) is 22.8. The van der Waals surface area contributed by atoms with Crippen molar-refractivity contribution >= 4 is 56.0 Å². The highest BCUT2D eigenvalue weighted by molar-refractivity contribution is 7.92. The van der Waals surface area contributed by atoms with E-state index in [0.717, 1.165) is 23.8 Å². The molecule has 194 valence electrons. The van der Waals surface area contributed by atoms with Gasteiger partial charge in [0.15, 0.2) is 0 Å². The number of anilines is 1. The van der Waals surface area contributed by atoms with E-state index in [0.29, 0.717) is 22.8 Å². The van der Waals surface area contributed by atoms with Crippen molar-refractivity contribution in [1.29, 1.82) is 0 Å². The second-order valence-electron chi connectivity index (χ2n) is 9.38. The van der Waals surface area contributed by atoms with E-state index >= 15 is 4.39 Å². The summed E-state index contributed by atoms with van der Waals surface area (Å²) in [7, 11) is -0.813. The monoisotopic (exact) mass is 553 g/mol. The molecule has 0 unspecified atom stereocenters. The molecule has 0 radical (unpaired) electrons. The van der Waals surface area contributed by atoms with Gasteiger partial charge in [-0.15, -0.1) is 11.3 Å². The number of amides is 2. The standard InChI is InChI=1S/C25H29ClFN3O4S2/c1-16(22-10-11-23(26)35-22)15-36(33,34)30(18-6-4-5-7-18)21-12-13-29(25(21)32)20-9-8-17(14-19(20)27)24(31)28(2)3/h8-11,14-15,18,21H,4-7,12-13H2,1-3H3/t21-/m0/s1. The van der Waals surface area contributed by atoms with Crippen LogP contribution in [0.5, 0.6) is 0 Å². The Morgan fingerprint density at radius 2 is 1.86 bits per heavy atom. The Bertz CT molecular complexity index is 1300. The van der Waals surface area contributed by atoms with Crippen molar-refractivity contribution in [2.24, 2.45) is 0 Å². The minimum atomic E-state index is -3.96. The summed E-state index contributed by atoms with van der Waals surface area (Å²) in [6, 6.07) is 6.27. The van der Waals surface area contributed by atoms with Gasteiger partial charge >= 0.3 is 0 Å². The topological polar surface area (TPSA) is 78.0 Å². The number of hydrogen-bond donors (Lipinski definition) is 0. The summed E-state index contributed by atoms with van der Waals surface area (Å²) in [5.41, 5.74) is 0.764. The van der Waals surface area contributed by atoms with Crippen LogP contribution in [-0.2, 0) is 14.8 Å². The largest absolute Gasteiger partial charge is 0.345 e. The molecule has 11 heteroatoms. The van der Waals surface area contributed by atoms with Crippen LogP contribution in [-0.4, -0.2) is 62.2 Å². The minimum Gasteiger partial charge on any atom is -0.345 e. The number of rotatable bonds is 7. The van der Waals surface area contributed by atoms with Gasteiger partial charge in [0, 0.05) is 37.1 Å². The highest BCUT2D eigenvalue weighted by Crippen LogP contribution is 2.36. The molecule has 1 atom stereocenters. The van der Waals surface area contributed by atoms with Crippen LogP contribution < -0.4 is 4.90 Å². The molecular formula is C25H29ClFN3O4S2. The molecule has 0 N–H and O–H groups in total. The van der Waals surface area contributed by atoms with Gasteiger partial charge < -0.3 is 9.80 Å². The Hall–Kier alpha value is -2.27. The van der Waals surface area contributed by atoms with Crippen LogP contribution in [0.15, 0.2) is 35.7 Å². The fourth-order valence-corrected chi connectivity index (χ4v) is 7.89. The third-order valence-electron chi connectivity index (χ3n) is 6.64. The van der Waals surface area contributed by atoms with Gasteiger partial charge in [-0.1, -0.05) is 24.4 Å². The SMILES string of the molecule is CC(=CS(=O)(=O)N(C1CCCC1)[C@H]1CCN(c2ccc(C(=O)N(C)C)cc2F)C1=O)c1ccc(Cl)s1. The normalized spacial score (nSPS) is 19.5. The fraction of sp³-hybridized carbons (Fsp3) is 0.440. The van der Waals surface area contributed by atoms with Gasteiger partial charge in [0.1, 0.15) is 11.9 Å². The first kappa shape index (κ1) is 26.8. The van der Waals surface area contributed by atoms with Gasteiger partial charge in [-0.2, -0.15) is 4.31 Å². The first-order chi connectivity index (χ1) is 17.0. The number of carbonyl (C=O) groups excluding carboxylic acids is 2. The fourth-order valence-electron chi connectivity index (χ4n) is 4.92. The summed E-state index contributed by atoms with van der Waals surface area (Å²) in [5, 5.41) is 1.21. The molecule has 1 saturated heterocycles. The smallest absolute Gasteiger partial charge is 0.253 e. The Labute approximate surface area is 220 Å². The molecule has 7 nitrogen and oxygen atoms in total.